The lowest BCUT2D eigenvalue weighted by Crippen LogP contribution is -1.98. The van der Waals surface area contributed by atoms with Crippen LogP contribution in [0.15, 0.2) is 22.7 Å². The van der Waals surface area contributed by atoms with Crippen LogP contribution >= 0.6 is 0 Å². The van der Waals surface area contributed by atoms with Gasteiger partial charge < -0.3 is 15.0 Å². The van der Waals surface area contributed by atoms with Crippen LogP contribution in [0.25, 0.3) is 0 Å². The first kappa shape index (κ1) is 21.1. The molecule has 0 saturated carbocycles. The van der Waals surface area contributed by atoms with E-state index in [0.717, 1.165) is 11.1 Å². The molecular formula is C14H29O3+. The van der Waals surface area contributed by atoms with Gasteiger partial charge in [0.2, 0.25) is 0 Å². The first-order valence-electron chi connectivity index (χ1n) is 5.69. The molecule has 0 rings (SSSR count). The number of allylic oxidation sites excluding steroid dienone is 4. The van der Waals surface area contributed by atoms with E-state index in [-0.39, 0.29) is 14.4 Å². The van der Waals surface area contributed by atoms with Crippen LogP contribution in [0.5, 0.6) is 0 Å². The Hall–Kier alpha value is -1.25. The lowest BCUT2D eigenvalue weighted by Gasteiger charge is -2.03. The highest BCUT2D eigenvalue weighted by molar-refractivity contribution is 5.74. The maximum Gasteiger partial charge on any atom is 1.00 e. The standard InChI is InChI=1S/2C5H10O.C4H8O/c2*1-4(2)5(3)6;1-3-4(2)5/h2*6H,1-3H3;3H2,1-2H3/p+1. The Morgan fingerprint density at radius 2 is 1.18 bits per heavy atom. The number of carbonyl (C=O) groups excluding carboxylic acids is 1. The van der Waals surface area contributed by atoms with Gasteiger partial charge in [-0.25, -0.2) is 0 Å². The average molecular weight is 245 g/mol. The smallest absolute Gasteiger partial charge is 0.876 e. The second-order valence-corrected chi connectivity index (χ2v) is 4.20. The number of carbonyl (C=O) groups is 1. The van der Waals surface area contributed by atoms with E-state index in [9.17, 15) is 9.90 Å². The normalized spacial score (nSPS) is 7.76. The SMILES string of the molecule is CC(C)=C(C)O.CC(C)=C(C)[O-].CCC(C)=O.[H+].[H+]. The van der Waals surface area contributed by atoms with Crippen molar-refractivity contribution in [2.75, 3.05) is 0 Å². The Bertz CT molecular complexity index is 224. The summed E-state index contributed by atoms with van der Waals surface area (Å²) in [6, 6.07) is 0. The molecule has 0 aromatic heterocycles. The van der Waals surface area contributed by atoms with Crippen molar-refractivity contribution in [3.8, 4) is 0 Å². The lowest BCUT2D eigenvalue weighted by molar-refractivity contribution is -0.303. The van der Waals surface area contributed by atoms with E-state index in [1.807, 2.05) is 34.6 Å². The zero-order chi connectivity index (χ0) is 14.6. The fraction of sp³-hybridized carbons (Fsp3) is 0.643. The molecule has 0 aromatic rings. The number of aliphatic hydroxyl groups is 1. The molecule has 0 aromatic carbocycles. The molecule has 0 heterocycles. The number of Topliss-reactive ketones (excluding diaryl/α,β-unsaturated/α-hetero) is 1. The molecule has 0 aliphatic heterocycles. The summed E-state index contributed by atoms with van der Waals surface area (Å²) in [5.41, 5.74) is 1.85. The second-order valence-electron chi connectivity index (χ2n) is 4.20. The summed E-state index contributed by atoms with van der Waals surface area (Å²) >= 11 is 0. The van der Waals surface area contributed by atoms with Gasteiger partial charge in [-0.15, -0.1) is 5.76 Å². The number of hydrogen-bond donors (Lipinski definition) is 1. The van der Waals surface area contributed by atoms with Gasteiger partial charge in [0.05, 0.1) is 5.76 Å². The van der Waals surface area contributed by atoms with Gasteiger partial charge in [-0.05, 0) is 47.1 Å². The zero-order valence-electron chi connectivity index (χ0n) is 14.5. The van der Waals surface area contributed by atoms with Crippen molar-refractivity contribution in [3.63, 3.8) is 0 Å². The van der Waals surface area contributed by atoms with E-state index in [1.165, 1.54) is 0 Å². The van der Waals surface area contributed by atoms with Gasteiger partial charge in [0.1, 0.15) is 5.78 Å². The largest absolute Gasteiger partial charge is 1.00 e. The molecule has 1 N–H and O–H groups in total. The average Bonchev–Trinajstić information content (AvgIpc) is 2.19. The topological polar surface area (TPSA) is 60.4 Å². The van der Waals surface area contributed by atoms with Crippen LogP contribution in [0.1, 0.15) is 64.7 Å². The molecule has 0 unspecified atom stereocenters. The maximum absolute atomic E-state index is 10.1. The summed E-state index contributed by atoms with van der Waals surface area (Å²) in [4.78, 5) is 9.81. The van der Waals surface area contributed by atoms with Crippen molar-refractivity contribution < 1.29 is 17.9 Å². The fourth-order valence-corrected chi connectivity index (χ4v) is 0. The summed E-state index contributed by atoms with van der Waals surface area (Å²) in [6.45, 7) is 14.0. The summed E-state index contributed by atoms with van der Waals surface area (Å²) in [5, 5.41) is 18.6. The van der Waals surface area contributed by atoms with Crippen LogP contribution in [-0.2, 0) is 4.79 Å². The molecule has 0 fully saturated rings. The van der Waals surface area contributed by atoms with Crippen LogP contribution in [0.4, 0.5) is 0 Å². The number of rotatable bonds is 1. The quantitative estimate of drug-likeness (QED) is 0.716. The summed E-state index contributed by atoms with van der Waals surface area (Å²) in [7, 11) is 0. The third-order valence-electron chi connectivity index (χ3n) is 1.93. The first-order chi connectivity index (χ1) is 7.56. The van der Waals surface area contributed by atoms with Gasteiger partial charge in [-0.3, -0.25) is 0 Å². The molecule has 0 saturated heterocycles. The molecule has 0 radical (unpaired) electrons. The Morgan fingerprint density at radius 1 is 1.00 bits per heavy atom. The Kier molecular flexibility index (Phi) is 15.9. The van der Waals surface area contributed by atoms with Crippen molar-refractivity contribution >= 4 is 5.78 Å². The van der Waals surface area contributed by atoms with Crippen molar-refractivity contribution in [1.82, 2.24) is 0 Å². The van der Waals surface area contributed by atoms with E-state index in [2.05, 4.69) is 0 Å². The van der Waals surface area contributed by atoms with E-state index < -0.39 is 0 Å². The van der Waals surface area contributed by atoms with Crippen LogP contribution < -0.4 is 5.11 Å². The number of ketones is 1. The molecule has 0 bridgehead atoms. The summed E-state index contributed by atoms with van der Waals surface area (Å²) < 4.78 is 0. The predicted molar refractivity (Wildman–Crippen MR) is 73.9 cm³/mol. The predicted octanol–water partition coefficient (Wildman–Crippen LogP) is 3.73. The third-order valence-corrected chi connectivity index (χ3v) is 1.93. The van der Waals surface area contributed by atoms with Gasteiger partial charge in [0.25, 0.3) is 0 Å². The highest BCUT2D eigenvalue weighted by atomic mass is 16.3. The van der Waals surface area contributed by atoms with Crippen LogP contribution in [-0.4, -0.2) is 10.9 Å². The van der Waals surface area contributed by atoms with Gasteiger partial charge in [0.15, 0.2) is 0 Å². The van der Waals surface area contributed by atoms with E-state index in [4.69, 9.17) is 5.11 Å². The van der Waals surface area contributed by atoms with E-state index in [0.29, 0.717) is 12.2 Å². The molecule has 17 heavy (non-hydrogen) atoms. The maximum atomic E-state index is 10.1. The van der Waals surface area contributed by atoms with Crippen molar-refractivity contribution in [1.29, 1.82) is 0 Å². The van der Waals surface area contributed by atoms with Gasteiger partial charge >= 0.3 is 2.85 Å². The lowest BCUT2D eigenvalue weighted by atomic mass is 10.3. The number of hydrogen-bond acceptors (Lipinski definition) is 3. The summed E-state index contributed by atoms with van der Waals surface area (Å²) in [5.74, 6) is 0.856. The fourth-order valence-electron chi connectivity index (χ4n) is 0. The Labute approximate surface area is 109 Å². The second kappa shape index (κ2) is 12.8. The first-order valence-corrected chi connectivity index (χ1v) is 5.69. The third kappa shape index (κ3) is 31.3. The number of aliphatic hydroxyl groups excluding tert-OH is 1. The summed E-state index contributed by atoms with van der Waals surface area (Å²) in [6.07, 6.45) is 0.667. The molecule has 0 amide bonds. The molecule has 0 spiro atoms. The Balaban J connectivity index is -0.0000000492. The minimum absolute atomic E-state index is 0. The van der Waals surface area contributed by atoms with Gasteiger partial charge in [-0.1, -0.05) is 19.4 Å². The van der Waals surface area contributed by atoms with E-state index in [1.54, 1.807) is 20.8 Å². The minimum Gasteiger partial charge on any atom is -0.876 e. The van der Waals surface area contributed by atoms with Crippen LogP contribution in [0.2, 0.25) is 0 Å². The van der Waals surface area contributed by atoms with Crippen LogP contribution in [0, 0.1) is 0 Å². The molecule has 3 heteroatoms. The molecule has 0 aliphatic rings. The highest BCUT2D eigenvalue weighted by Gasteiger charge is 1.78. The Morgan fingerprint density at radius 3 is 1.18 bits per heavy atom. The van der Waals surface area contributed by atoms with Gasteiger partial charge in [-0.2, -0.15) is 0 Å². The molecule has 3 nitrogen and oxygen atoms in total. The molecular weight excluding hydrogens is 216 g/mol. The van der Waals surface area contributed by atoms with Gasteiger partial charge in [0, 0.05) is 6.42 Å². The van der Waals surface area contributed by atoms with E-state index >= 15 is 0 Å². The zero-order valence-corrected chi connectivity index (χ0v) is 12.5. The molecule has 0 aliphatic carbocycles. The van der Waals surface area contributed by atoms with Crippen molar-refractivity contribution in [3.05, 3.63) is 22.7 Å². The van der Waals surface area contributed by atoms with Crippen LogP contribution in [0.3, 0.4) is 0 Å². The van der Waals surface area contributed by atoms with Crippen molar-refractivity contribution in [2.24, 2.45) is 0 Å². The van der Waals surface area contributed by atoms with Crippen molar-refractivity contribution in [2.45, 2.75) is 61.8 Å². The minimum atomic E-state index is 0. The highest BCUT2D eigenvalue weighted by Crippen LogP contribution is 1.93. The monoisotopic (exact) mass is 245 g/mol. The molecule has 0 atom stereocenters. The molecule has 102 valence electrons.